The molecule has 2 aromatic carbocycles. The number of amides is 3. The summed E-state index contributed by atoms with van der Waals surface area (Å²) >= 11 is 7.52. The van der Waals surface area contributed by atoms with Crippen molar-refractivity contribution in [3.63, 3.8) is 0 Å². The normalized spacial score (nSPS) is 22.7. The maximum absolute atomic E-state index is 13.7. The van der Waals surface area contributed by atoms with E-state index in [1.54, 1.807) is 29.6 Å². The van der Waals surface area contributed by atoms with Gasteiger partial charge in [0, 0.05) is 5.56 Å². The molecule has 2 heterocycles. The number of ether oxygens (including phenoxy) is 1. The quantitative estimate of drug-likeness (QED) is 0.137. The van der Waals surface area contributed by atoms with Crippen molar-refractivity contribution in [2.24, 2.45) is 23.7 Å². The van der Waals surface area contributed by atoms with Crippen LogP contribution in [0.2, 0.25) is 5.02 Å². The van der Waals surface area contributed by atoms with Gasteiger partial charge in [-0.25, -0.2) is 9.80 Å². The molecule has 4 atom stereocenters. The first kappa shape index (κ1) is 25.2. The standard InChI is InChI=1S/C29H21ClN2O6S/c30-21-5-2-1-4-20(21)26(34)31(32-27(35)24-17-7-8-18(14-17)25(24)28(32)36)15-22(33)16-9-11-19(12-10-16)38-29(37)23-6-3-13-39-23/h1-13,17-18,24-25H,14-15H2/t17-,18-,24-,25+/m0/s1. The lowest BCUT2D eigenvalue weighted by atomic mass is 9.85. The van der Waals surface area contributed by atoms with Crippen LogP contribution in [0.15, 0.2) is 78.2 Å². The van der Waals surface area contributed by atoms with Crippen molar-refractivity contribution in [1.29, 1.82) is 0 Å². The molecule has 0 spiro atoms. The topological polar surface area (TPSA) is 101 Å². The van der Waals surface area contributed by atoms with Gasteiger partial charge in [-0.1, -0.05) is 42.0 Å². The number of allylic oxidation sites excluding steroid dienone is 2. The first-order valence-electron chi connectivity index (χ1n) is 12.3. The van der Waals surface area contributed by atoms with Crippen molar-refractivity contribution >= 4 is 52.4 Å². The van der Waals surface area contributed by atoms with Crippen molar-refractivity contribution in [1.82, 2.24) is 10.0 Å². The molecule has 0 radical (unpaired) electrons. The lowest BCUT2D eigenvalue weighted by molar-refractivity contribution is -0.154. The number of imide groups is 1. The zero-order valence-corrected chi connectivity index (χ0v) is 21.9. The van der Waals surface area contributed by atoms with E-state index in [9.17, 15) is 24.0 Å². The van der Waals surface area contributed by atoms with Gasteiger partial charge < -0.3 is 4.74 Å². The predicted molar refractivity (Wildman–Crippen MR) is 142 cm³/mol. The molecule has 2 aliphatic carbocycles. The number of thiophene rings is 1. The molecule has 1 saturated heterocycles. The Morgan fingerprint density at radius 1 is 0.923 bits per heavy atom. The Morgan fingerprint density at radius 3 is 2.21 bits per heavy atom. The minimum absolute atomic E-state index is 0.0566. The second-order valence-corrected chi connectivity index (χ2v) is 11.0. The molecule has 2 fully saturated rings. The summed E-state index contributed by atoms with van der Waals surface area (Å²) in [6.07, 6.45) is 4.65. The van der Waals surface area contributed by atoms with Crippen LogP contribution in [-0.2, 0) is 9.59 Å². The fourth-order valence-corrected chi connectivity index (χ4v) is 6.44. The minimum atomic E-state index is -0.725. The number of nitrogens with zero attached hydrogens (tertiary/aromatic N) is 2. The van der Waals surface area contributed by atoms with Gasteiger partial charge in [0.15, 0.2) is 5.78 Å². The van der Waals surface area contributed by atoms with Gasteiger partial charge in [-0.05, 0) is 66.1 Å². The van der Waals surface area contributed by atoms with Crippen LogP contribution in [0.3, 0.4) is 0 Å². The molecule has 1 aromatic heterocycles. The highest BCUT2D eigenvalue weighted by atomic mass is 35.5. The van der Waals surface area contributed by atoms with Crippen LogP contribution in [-0.4, -0.2) is 46.0 Å². The highest BCUT2D eigenvalue weighted by molar-refractivity contribution is 7.12. The summed E-state index contributed by atoms with van der Waals surface area (Å²) in [5.74, 6) is -3.66. The van der Waals surface area contributed by atoms with Crippen LogP contribution in [0.4, 0.5) is 0 Å². The third-order valence-corrected chi connectivity index (χ3v) is 8.61. The van der Waals surface area contributed by atoms with Crippen LogP contribution in [0.5, 0.6) is 5.75 Å². The molecular formula is C29H21ClN2O6S. The number of fused-ring (bicyclic) bond motifs is 5. The molecule has 3 amide bonds. The van der Waals surface area contributed by atoms with Crippen LogP contribution in [0.25, 0.3) is 0 Å². The van der Waals surface area contributed by atoms with Gasteiger partial charge in [-0.15, -0.1) is 11.3 Å². The van der Waals surface area contributed by atoms with Gasteiger partial charge >= 0.3 is 5.97 Å². The summed E-state index contributed by atoms with van der Waals surface area (Å²) in [6, 6.07) is 15.5. The zero-order valence-electron chi connectivity index (χ0n) is 20.4. The summed E-state index contributed by atoms with van der Waals surface area (Å²) < 4.78 is 5.34. The Balaban J connectivity index is 1.26. The van der Waals surface area contributed by atoms with Gasteiger partial charge in [0.1, 0.15) is 17.2 Å². The SMILES string of the molecule is O=C(CN(C(=O)c1ccccc1Cl)N1C(=O)[C@@H]2[C@H](C1=O)[C@H]1C=C[C@H]2C1)c1ccc(OC(=O)c2cccs2)cc1. The van der Waals surface area contributed by atoms with Gasteiger partial charge in [0.25, 0.3) is 17.7 Å². The largest absolute Gasteiger partial charge is 0.422 e. The van der Waals surface area contributed by atoms with Gasteiger partial charge in [-0.3, -0.25) is 19.2 Å². The smallest absolute Gasteiger partial charge is 0.353 e. The van der Waals surface area contributed by atoms with E-state index in [-0.39, 0.29) is 33.7 Å². The van der Waals surface area contributed by atoms with E-state index in [4.69, 9.17) is 16.3 Å². The molecule has 0 unspecified atom stereocenters. The number of ketones is 1. The Kier molecular flexibility index (Phi) is 6.40. The number of Topliss-reactive ketones (excluding diaryl/α,β-unsaturated/α-hetero) is 1. The Hall–Kier alpha value is -4.08. The van der Waals surface area contributed by atoms with E-state index in [0.717, 1.165) is 16.4 Å². The maximum atomic E-state index is 13.7. The van der Waals surface area contributed by atoms with Gasteiger partial charge in [0.05, 0.1) is 22.4 Å². The molecule has 39 heavy (non-hydrogen) atoms. The van der Waals surface area contributed by atoms with E-state index >= 15 is 0 Å². The zero-order chi connectivity index (χ0) is 27.3. The summed E-state index contributed by atoms with van der Waals surface area (Å²) in [5, 5.41) is 3.66. The molecule has 3 aliphatic rings. The number of rotatable bonds is 7. The molecule has 3 aromatic rings. The molecule has 1 saturated carbocycles. The lowest BCUT2D eigenvalue weighted by Crippen LogP contribution is -2.52. The van der Waals surface area contributed by atoms with Crippen molar-refractivity contribution in [2.75, 3.05) is 6.54 Å². The van der Waals surface area contributed by atoms with Crippen molar-refractivity contribution in [3.8, 4) is 5.75 Å². The summed E-state index contributed by atoms with van der Waals surface area (Å²) in [5.41, 5.74) is 0.283. The first-order valence-corrected chi connectivity index (χ1v) is 13.6. The summed E-state index contributed by atoms with van der Waals surface area (Å²) in [7, 11) is 0. The average molecular weight is 561 g/mol. The van der Waals surface area contributed by atoms with E-state index < -0.39 is 47.9 Å². The molecule has 0 N–H and O–H groups in total. The van der Waals surface area contributed by atoms with Crippen LogP contribution in [0.1, 0.15) is 36.8 Å². The fourth-order valence-electron chi connectivity index (χ4n) is 5.62. The number of carbonyl (C=O) groups excluding carboxylic acids is 5. The van der Waals surface area contributed by atoms with Gasteiger partial charge in [-0.2, -0.15) is 5.01 Å². The van der Waals surface area contributed by atoms with Crippen molar-refractivity contribution < 1.29 is 28.7 Å². The van der Waals surface area contributed by atoms with E-state index in [1.807, 2.05) is 12.2 Å². The first-order chi connectivity index (χ1) is 18.8. The molecule has 8 nitrogen and oxygen atoms in total. The van der Waals surface area contributed by atoms with Crippen LogP contribution < -0.4 is 4.74 Å². The monoisotopic (exact) mass is 560 g/mol. The third kappa shape index (κ3) is 4.37. The minimum Gasteiger partial charge on any atom is -0.422 e. The fraction of sp³-hybridized carbons (Fsp3) is 0.207. The number of hydrogen-bond acceptors (Lipinski definition) is 7. The molecule has 1 aliphatic heterocycles. The molecule has 196 valence electrons. The summed E-state index contributed by atoms with van der Waals surface area (Å²) in [6.45, 7) is -0.557. The highest BCUT2D eigenvalue weighted by Gasteiger charge is 2.61. The average Bonchev–Trinajstić information content (AvgIpc) is 3.74. The number of carbonyl (C=O) groups is 5. The second kappa shape index (κ2) is 9.91. The predicted octanol–water partition coefficient (Wildman–Crippen LogP) is 4.67. The second-order valence-electron chi connectivity index (χ2n) is 9.65. The number of halogens is 1. The van der Waals surface area contributed by atoms with E-state index in [2.05, 4.69) is 0 Å². The highest BCUT2D eigenvalue weighted by Crippen LogP contribution is 2.52. The third-order valence-electron chi connectivity index (χ3n) is 7.43. The number of hydrazine groups is 1. The lowest BCUT2D eigenvalue weighted by Gasteiger charge is -2.31. The summed E-state index contributed by atoms with van der Waals surface area (Å²) in [4.78, 5) is 66.7. The Morgan fingerprint density at radius 2 is 1.59 bits per heavy atom. The van der Waals surface area contributed by atoms with E-state index in [1.165, 1.54) is 47.7 Å². The maximum Gasteiger partial charge on any atom is 0.353 e. The Labute approximate surface area is 232 Å². The van der Waals surface area contributed by atoms with Crippen molar-refractivity contribution in [3.05, 3.63) is 99.2 Å². The molecular weight excluding hydrogens is 540 g/mol. The number of benzene rings is 2. The van der Waals surface area contributed by atoms with Gasteiger partial charge in [0.2, 0.25) is 0 Å². The molecule has 10 heteroatoms. The van der Waals surface area contributed by atoms with Crippen molar-refractivity contribution in [2.45, 2.75) is 6.42 Å². The molecule has 6 rings (SSSR count). The molecule has 2 bridgehead atoms. The number of hydrogen-bond donors (Lipinski definition) is 0. The Bertz CT molecular complexity index is 1500. The van der Waals surface area contributed by atoms with Crippen LogP contribution in [0, 0.1) is 23.7 Å². The van der Waals surface area contributed by atoms with E-state index in [0.29, 0.717) is 4.88 Å². The van der Waals surface area contributed by atoms with Crippen LogP contribution >= 0.6 is 22.9 Å². The number of esters is 1.